The predicted molar refractivity (Wildman–Crippen MR) is 64.4 cm³/mol. The van der Waals surface area contributed by atoms with Gasteiger partial charge in [-0.05, 0) is 11.5 Å². The van der Waals surface area contributed by atoms with E-state index in [9.17, 15) is 0 Å². The summed E-state index contributed by atoms with van der Waals surface area (Å²) in [6, 6.07) is 10.3. The van der Waals surface area contributed by atoms with E-state index >= 15 is 0 Å². The Labute approximate surface area is 112 Å². The van der Waals surface area contributed by atoms with Crippen molar-refractivity contribution >= 4 is 0 Å². The molecule has 1 rings (SSSR count). The Kier molecular flexibility index (Phi) is 8.75. The van der Waals surface area contributed by atoms with E-state index in [2.05, 4.69) is 32.9 Å². The molecule has 0 saturated heterocycles. The molecule has 1 atom stereocenters. The molecule has 0 aliphatic carbocycles. The van der Waals surface area contributed by atoms with Gasteiger partial charge in [-0.3, -0.25) is 0 Å². The fraction of sp³-hybridized carbons (Fsp3) is 0.500. The maximum absolute atomic E-state index is 5.62. The molecule has 0 aliphatic heterocycles. The molecule has 0 spiro atoms. The maximum Gasteiger partial charge on any atom is 1.00 e. The van der Waals surface area contributed by atoms with Crippen molar-refractivity contribution in [1.82, 2.24) is 0 Å². The van der Waals surface area contributed by atoms with Crippen LogP contribution in [0.5, 0.6) is 0 Å². The zero-order valence-electron chi connectivity index (χ0n) is 10.8. The smallest absolute Gasteiger partial charge is 0.379 e. The molecule has 0 fully saturated rings. The summed E-state index contributed by atoms with van der Waals surface area (Å²) in [7, 11) is 0. The minimum Gasteiger partial charge on any atom is -0.379 e. The molecule has 0 heterocycles. The average molecular weight is 212 g/mol. The molecule has 0 amide bonds. The first kappa shape index (κ1) is 15.8. The molecular formula is C14H21LiO. The summed E-state index contributed by atoms with van der Waals surface area (Å²) in [6.45, 7) is 9.98. The van der Waals surface area contributed by atoms with Gasteiger partial charge in [-0.2, -0.15) is 0 Å². The summed E-state index contributed by atoms with van der Waals surface area (Å²) in [6.07, 6.45) is 1.13. The third-order valence-electron chi connectivity index (χ3n) is 2.27. The van der Waals surface area contributed by atoms with Crippen molar-refractivity contribution in [3.05, 3.63) is 42.8 Å². The Bertz CT molecular complexity index is 259. The molecule has 0 bridgehead atoms. The van der Waals surface area contributed by atoms with E-state index in [4.69, 9.17) is 4.74 Å². The van der Waals surface area contributed by atoms with Crippen LogP contribution in [0.2, 0.25) is 0 Å². The van der Waals surface area contributed by atoms with Gasteiger partial charge in [0.15, 0.2) is 0 Å². The van der Waals surface area contributed by atoms with Gasteiger partial charge < -0.3 is 11.7 Å². The molecule has 0 radical (unpaired) electrons. The average Bonchev–Trinajstić information content (AvgIpc) is 2.18. The Balaban J connectivity index is 0.00000225. The van der Waals surface area contributed by atoms with Gasteiger partial charge in [0.05, 0.1) is 6.61 Å². The summed E-state index contributed by atoms with van der Waals surface area (Å²) < 4.78 is 5.62. The van der Waals surface area contributed by atoms with Gasteiger partial charge in [0, 0.05) is 6.61 Å². The van der Waals surface area contributed by atoms with Gasteiger partial charge >= 0.3 is 18.9 Å². The van der Waals surface area contributed by atoms with Crippen LogP contribution in [-0.2, 0) is 11.3 Å². The van der Waals surface area contributed by atoms with Crippen LogP contribution in [0, 0.1) is 18.8 Å². The first-order valence-corrected chi connectivity index (χ1v) is 5.63. The number of benzene rings is 1. The van der Waals surface area contributed by atoms with Crippen LogP contribution >= 0.6 is 0 Å². The van der Waals surface area contributed by atoms with E-state index in [1.165, 1.54) is 5.56 Å². The van der Waals surface area contributed by atoms with Crippen molar-refractivity contribution in [2.45, 2.75) is 26.9 Å². The molecule has 1 aromatic rings. The molecule has 84 valence electrons. The molecule has 1 aromatic carbocycles. The molecule has 16 heavy (non-hydrogen) atoms. The standard InChI is InChI=1S/C14H21O.Li/c1-12(2)9-13(3)10-15-11-14-7-5-4-6-8-14;/h4-8,12-13H,3,9-11H2,1-2H3;/q-1;+1/t13-;/m0./s1. The second kappa shape index (κ2) is 8.88. The van der Waals surface area contributed by atoms with E-state index in [0.717, 1.165) is 13.0 Å². The zero-order valence-corrected chi connectivity index (χ0v) is 10.8. The molecule has 1 nitrogen and oxygen atoms in total. The van der Waals surface area contributed by atoms with Crippen LogP contribution < -0.4 is 18.9 Å². The Morgan fingerprint density at radius 3 is 2.38 bits per heavy atom. The SMILES string of the molecule is [CH2-][C@H](COCc1ccccc1)CC(C)C.[Li+]. The van der Waals surface area contributed by atoms with Gasteiger partial charge in [-0.25, -0.2) is 0 Å². The second-order valence-corrected chi connectivity index (χ2v) is 4.50. The third-order valence-corrected chi connectivity index (χ3v) is 2.27. The topological polar surface area (TPSA) is 9.23 Å². The monoisotopic (exact) mass is 212 g/mol. The van der Waals surface area contributed by atoms with Crippen molar-refractivity contribution in [2.24, 2.45) is 11.8 Å². The van der Waals surface area contributed by atoms with Crippen LogP contribution in [-0.4, -0.2) is 6.61 Å². The fourth-order valence-corrected chi connectivity index (χ4v) is 1.65. The minimum atomic E-state index is 0. The Morgan fingerprint density at radius 2 is 1.81 bits per heavy atom. The summed E-state index contributed by atoms with van der Waals surface area (Å²) in [5.74, 6) is 1.11. The van der Waals surface area contributed by atoms with Gasteiger partial charge in [0.25, 0.3) is 0 Å². The van der Waals surface area contributed by atoms with E-state index < -0.39 is 0 Å². The van der Waals surface area contributed by atoms with E-state index in [1.807, 2.05) is 18.2 Å². The molecule has 2 heteroatoms. The van der Waals surface area contributed by atoms with E-state index in [0.29, 0.717) is 18.4 Å². The molecule has 0 N–H and O–H groups in total. The maximum atomic E-state index is 5.62. The third kappa shape index (κ3) is 7.12. The van der Waals surface area contributed by atoms with Crippen molar-refractivity contribution in [1.29, 1.82) is 0 Å². The molecule has 0 aromatic heterocycles. The summed E-state index contributed by atoms with van der Waals surface area (Å²) in [4.78, 5) is 0. The summed E-state index contributed by atoms with van der Waals surface area (Å²) in [5.41, 5.74) is 1.23. The second-order valence-electron chi connectivity index (χ2n) is 4.50. The number of hydrogen-bond donors (Lipinski definition) is 0. The predicted octanol–water partition coefficient (Wildman–Crippen LogP) is 0.704. The molecular weight excluding hydrogens is 191 g/mol. The normalized spacial score (nSPS) is 12.2. The van der Waals surface area contributed by atoms with Gasteiger partial charge in [-0.15, -0.1) is 5.92 Å². The largest absolute Gasteiger partial charge is 1.00 e. The van der Waals surface area contributed by atoms with Gasteiger partial charge in [0.1, 0.15) is 0 Å². The van der Waals surface area contributed by atoms with Crippen molar-refractivity contribution in [3.63, 3.8) is 0 Å². The van der Waals surface area contributed by atoms with E-state index in [-0.39, 0.29) is 18.9 Å². The number of rotatable bonds is 6. The fourth-order valence-electron chi connectivity index (χ4n) is 1.65. The van der Waals surface area contributed by atoms with E-state index in [1.54, 1.807) is 0 Å². The molecule has 0 saturated carbocycles. The number of ether oxygens (including phenoxy) is 1. The van der Waals surface area contributed by atoms with Crippen LogP contribution in [0.3, 0.4) is 0 Å². The van der Waals surface area contributed by atoms with Crippen LogP contribution in [0.25, 0.3) is 0 Å². The summed E-state index contributed by atoms with van der Waals surface area (Å²) >= 11 is 0. The van der Waals surface area contributed by atoms with Gasteiger partial charge in [0.2, 0.25) is 0 Å². The number of hydrogen-bond acceptors (Lipinski definition) is 1. The van der Waals surface area contributed by atoms with Crippen molar-refractivity contribution in [2.75, 3.05) is 6.61 Å². The van der Waals surface area contributed by atoms with Crippen LogP contribution in [0.1, 0.15) is 25.8 Å². The first-order valence-electron chi connectivity index (χ1n) is 5.63. The van der Waals surface area contributed by atoms with Crippen molar-refractivity contribution < 1.29 is 23.6 Å². The Morgan fingerprint density at radius 1 is 1.19 bits per heavy atom. The van der Waals surface area contributed by atoms with Gasteiger partial charge in [-0.1, -0.05) is 50.6 Å². The minimum absolute atomic E-state index is 0. The quantitative estimate of drug-likeness (QED) is 0.498. The van der Waals surface area contributed by atoms with Crippen molar-refractivity contribution in [3.8, 4) is 0 Å². The molecule has 0 unspecified atom stereocenters. The van der Waals surface area contributed by atoms with Crippen LogP contribution in [0.4, 0.5) is 0 Å². The first-order chi connectivity index (χ1) is 7.18. The zero-order chi connectivity index (χ0) is 11.1. The Hall–Kier alpha value is -0.223. The van der Waals surface area contributed by atoms with Crippen LogP contribution in [0.15, 0.2) is 30.3 Å². The summed E-state index contributed by atoms with van der Waals surface area (Å²) in [5, 5.41) is 0. The molecule has 0 aliphatic rings.